The van der Waals surface area contributed by atoms with Crippen molar-refractivity contribution in [2.24, 2.45) is 10.9 Å². The fourth-order valence-electron chi connectivity index (χ4n) is 1.02. The van der Waals surface area contributed by atoms with Crippen molar-refractivity contribution in [2.45, 2.75) is 6.42 Å². The normalized spacial score (nSPS) is 11.6. The first-order valence-corrected chi connectivity index (χ1v) is 3.85. The Morgan fingerprint density at radius 3 is 2.50 bits per heavy atom. The Kier molecular flexibility index (Phi) is 3.29. The third-order valence-corrected chi connectivity index (χ3v) is 1.61. The summed E-state index contributed by atoms with van der Waals surface area (Å²) in [6.07, 6.45) is 0.598. The fraction of sp³-hybridized carbons (Fsp3) is 0.222. The van der Waals surface area contributed by atoms with E-state index in [1.165, 1.54) is 0 Å². The highest BCUT2D eigenvalue weighted by atomic mass is 16.4. The number of hydrogen-bond donors (Lipinski definition) is 2. The number of oxime groups is 1. The summed E-state index contributed by atoms with van der Waals surface area (Å²) in [5.41, 5.74) is 6.91. The van der Waals surface area contributed by atoms with Gasteiger partial charge in [-0.3, -0.25) is 0 Å². The van der Waals surface area contributed by atoms with E-state index in [-0.39, 0.29) is 0 Å². The lowest BCUT2D eigenvalue weighted by molar-refractivity contribution is 0.318. The lowest BCUT2D eigenvalue weighted by Crippen LogP contribution is -2.09. The highest BCUT2D eigenvalue weighted by Gasteiger charge is 2.00. The van der Waals surface area contributed by atoms with Crippen LogP contribution >= 0.6 is 0 Å². The van der Waals surface area contributed by atoms with Gasteiger partial charge in [-0.05, 0) is 12.1 Å². The van der Waals surface area contributed by atoms with E-state index in [9.17, 15) is 0 Å². The van der Waals surface area contributed by atoms with Crippen molar-refractivity contribution in [3.63, 3.8) is 0 Å². The van der Waals surface area contributed by atoms with Gasteiger partial charge in [-0.15, -0.1) is 0 Å². The van der Waals surface area contributed by atoms with Crippen LogP contribution in [-0.4, -0.2) is 17.5 Å². The maximum atomic E-state index is 8.64. The molecule has 0 saturated heterocycles. The number of hydrogen-bond acceptors (Lipinski definition) is 3. The van der Waals surface area contributed by atoms with E-state index in [2.05, 4.69) is 5.16 Å². The average molecular weight is 164 g/mol. The minimum atomic E-state index is 0.494. The van der Waals surface area contributed by atoms with Crippen molar-refractivity contribution in [1.82, 2.24) is 0 Å². The molecular weight excluding hydrogens is 152 g/mol. The molecule has 0 bridgehead atoms. The fourth-order valence-corrected chi connectivity index (χ4v) is 1.02. The molecule has 0 spiro atoms. The molecule has 3 N–H and O–H groups in total. The van der Waals surface area contributed by atoms with Gasteiger partial charge in [0.15, 0.2) is 0 Å². The van der Waals surface area contributed by atoms with Gasteiger partial charge in [-0.1, -0.05) is 35.5 Å². The molecule has 0 heterocycles. The molecule has 0 radical (unpaired) electrons. The van der Waals surface area contributed by atoms with Gasteiger partial charge in [0.2, 0.25) is 0 Å². The first-order chi connectivity index (χ1) is 5.88. The molecule has 1 aromatic carbocycles. The second-order valence-corrected chi connectivity index (χ2v) is 2.45. The molecule has 0 unspecified atom stereocenters. The lowest BCUT2D eigenvalue weighted by atomic mass is 10.1. The van der Waals surface area contributed by atoms with Crippen molar-refractivity contribution in [2.75, 3.05) is 6.54 Å². The van der Waals surface area contributed by atoms with Gasteiger partial charge in [0.05, 0.1) is 5.71 Å². The minimum absolute atomic E-state index is 0.494. The van der Waals surface area contributed by atoms with Crippen molar-refractivity contribution in [3.8, 4) is 0 Å². The maximum Gasteiger partial charge on any atom is 0.0880 e. The molecule has 12 heavy (non-hydrogen) atoms. The topological polar surface area (TPSA) is 58.6 Å². The van der Waals surface area contributed by atoms with Crippen molar-refractivity contribution < 1.29 is 5.21 Å². The second-order valence-electron chi connectivity index (χ2n) is 2.45. The molecule has 3 heteroatoms. The monoisotopic (exact) mass is 164 g/mol. The van der Waals surface area contributed by atoms with E-state index in [0.717, 1.165) is 5.56 Å². The zero-order chi connectivity index (χ0) is 8.81. The van der Waals surface area contributed by atoms with Crippen molar-refractivity contribution in [3.05, 3.63) is 35.9 Å². The van der Waals surface area contributed by atoms with Gasteiger partial charge >= 0.3 is 0 Å². The zero-order valence-corrected chi connectivity index (χ0v) is 6.77. The summed E-state index contributed by atoms with van der Waals surface area (Å²) in [6, 6.07) is 9.50. The van der Waals surface area contributed by atoms with E-state index in [4.69, 9.17) is 10.9 Å². The predicted molar refractivity (Wildman–Crippen MR) is 48.4 cm³/mol. The van der Waals surface area contributed by atoms with E-state index in [1.54, 1.807) is 0 Å². The third kappa shape index (κ3) is 2.07. The van der Waals surface area contributed by atoms with E-state index in [0.29, 0.717) is 18.7 Å². The molecule has 0 aromatic heterocycles. The molecule has 64 valence electrons. The highest BCUT2D eigenvalue weighted by molar-refractivity contribution is 6.00. The smallest absolute Gasteiger partial charge is 0.0880 e. The van der Waals surface area contributed by atoms with Gasteiger partial charge < -0.3 is 10.9 Å². The summed E-state index contributed by atoms with van der Waals surface area (Å²) in [4.78, 5) is 0. The SMILES string of the molecule is NCCC(=NO)c1ccccc1. The molecule has 0 amide bonds. The van der Waals surface area contributed by atoms with Crippen molar-refractivity contribution >= 4 is 5.71 Å². The Morgan fingerprint density at radius 1 is 1.33 bits per heavy atom. The molecule has 0 aliphatic carbocycles. The number of rotatable bonds is 3. The second kappa shape index (κ2) is 4.51. The van der Waals surface area contributed by atoms with Crippen LogP contribution in [0.25, 0.3) is 0 Å². The number of nitrogens with two attached hydrogens (primary N) is 1. The molecule has 0 saturated carbocycles. The summed E-state index contributed by atoms with van der Waals surface area (Å²) in [7, 11) is 0. The lowest BCUT2D eigenvalue weighted by Gasteiger charge is -2.00. The largest absolute Gasteiger partial charge is 0.411 e. The van der Waals surface area contributed by atoms with E-state index in [1.807, 2.05) is 30.3 Å². The Morgan fingerprint density at radius 2 is 2.00 bits per heavy atom. The van der Waals surface area contributed by atoms with E-state index < -0.39 is 0 Å². The van der Waals surface area contributed by atoms with E-state index >= 15 is 0 Å². The van der Waals surface area contributed by atoms with Crippen LogP contribution in [0, 0.1) is 0 Å². The van der Waals surface area contributed by atoms with Gasteiger partial charge in [0, 0.05) is 6.42 Å². The molecule has 3 nitrogen and oxygen atoms in total. The van der Waals surface area contributed by atoms with Gasteiger partial charge in [0.1, 0.15) is 0 Å². The van der Waals surface area contributed by atoms with Crippen molar-refractivity contribution in [1.29, 1.82) is 0 Å². The van der Waals surface area contributed by atoms with Crippen LogP contribution in [0.15, 0.2) is 35.5 Å². The molecule has 1 aromatic rings. The molecule has 0 aliphatic heterocycles. The molecule has 0 atom stereocenters. The maximum absolute atomic E-state index is 8.64. The number of nitrogens with zero attached hydrogens (tertiary/aromatic N) is 1. The predicted octanol–water partition coefficient (Wildman–Crippen LogP) is 1.21. The first kappa shape index (κ1) is 8.74. The van der Waals surface area contributed by atoms with Crippen LogP contribution in [0.2, 0.25) is 0 Å². The van der Waals surface area contributed by atoms with Gasteiger partial charge in [0.25, 0.3) is 0 Å². The minimum Gasteiger partial charge on any atom is -0.411 e. The summed E-state index contributed by atoms with van der Waals surface area (Å²) < 4.78 is 0. The highest BCUT2D eigenvalue weighted by Crippen LogP contribution is 2.02. The van der Waals surface area contributed by atoms with Gasteiger partial charge in [-0.25, -0.2) is 0 Å². The standard InChI is InChI=1S/C9H12N2O/c10-7-6-9(11-12)8-4-2-1-3-5-8/h1-5,12H,6-7,10H2. The summed E-state index contributed by atoms with van der Waals surface area (Å²) in [5.74, 6) is 0. The summed E-state index contributed by atoms with van der Waals surface area (Å²) in [5, 5.41) is 11.8. The Hall–Kier alpha value is -1.35. The molecule has 1 rings (SSSR count). The summed E-state index contributed by atoms with van der Waals surface area (Å²) >= 11 is 0. The van der Waals surface area contributed by atoms with Crippen LogP contribution < -0.4 is 5.73 Å². The zero-order valence-electron chi connectivity index (χ0n) is 6.77. The Labute approximate surface area is 71.5 Å². The molecule has 0 aliphatic rings. The van der Waals surface area contributed by atoms with Crippen LogP contribution in [0.3, 0.4) is 0 Å². The molecular formula is C9H12N2O. The van der Waals surface area contributed by atoms with Crippen LogP contribution in [0.1, 0.15) is 12.0 Å². The van der Waals surface area contributed by atoms with Crippen LogP contribution in [-0.2, 0) is 0 Å². The average Bonchev–Trinajstić information content (AvgIpc) is 2.15. The van der Waals surface area contributed by atoms with Crippen LogP contribution in [0.4, 0.5) is 0 Å². The van der Waals surface area contributed by atoms with Gasteiger partial charge in [-0.2, -0.15) is 0 Å². The first-order valence-electron chi connectivity index (χ1n) is 3.85. The molecule has 0 fully saturated rings. The quantitative estimate of drug-likeness (QED) is 0.401. The van der Waals surface area contributed by atoms with Crippen LogP contribution in [0.5, 0.6) is 0 Å². The Balaban J connectivity index is 2.82. The number of benzene rings is 1. The third-order valence-electron chi connectivity index (χ3n) is 1.61. The summed E-state index contributed by atoms with van der Waals surface area (Å²) in [6.45, 7) is 0.494. The Bertz CT molecular complexity index is 256.